The van der Waals surface area contributed by atoms with E-state index >= 15 is 0 Å². The molecule has 5 rings (SSSR count). The monoisotopic (exact) mass is 400 g/mol. The van der Waals surface area contributed by atoms with E-state index in [0.717, 1.165) is 12.0 Å². The molecule has 2 saturated carbocycles. The number of hydrogen-bond acceptors (Lipinski definition) is 5. The van der Waals surface area contributed by atoms with Crippen molar-refractivity contribution in [3.63, 3.8) is 0 Å². The SMILES string of the molecule is CCC(=O)OC1(C(=O)O)CCC2C3CC=C4CC(=O)C=CC4(C)[C@@]34O[C@H]4CC21C. The molecule has 0 bridgehead atoms. The van der Waals surface area contributed by atoms with Crippen LogP contribution in [0.5, 0.6) is 0 Å². The number of carboxylic acid groups (broad SMARTS) is 1. The van der Waals surface area contributed by atoms with Crippen LogP contribution in [0.1, 0.15) is 59.3 Å². The van der Waals surface area contributed by atoms with Gasteiger partial charge in [-0.3, -0.25) is 9.59 Å². The fourth-order valence-electron chi connectivity index (χ4n) is 7.37. The first-order chi connectivity index (χ1) is 13.6. The van der Waals surface area contributed by atoms with Gasteiger partial charge in [0.2, 0.25) is 5.60 Å². The number of aliphatic carboxylic acids is 1. The lowest BCUT2D eigenvalue weighted by molar-refractivity contribution is -0.198. The second-order valence-electron chi connectivity index (χ2n) is 9.88. The lowest BCUT2D eigenvalue weighted by atomic mass is 9.47. The van der Waals surface area contributed by atoms with Crippen LogP contribution in [0.2, 0.25) is 0 Å². The van der Waals surface area contributed by atoms with E-state index in [1.165, 1.54) is 0 Å². The number of esters is 1. The Bertz CT molecular complexity index is 888. The second kappa shape index (κ2) is 5.60. The first kappa shape index (κ1) is 19.0. The molecule has 156 valence electrons. The third kappa shape index (κ3) is 2.03. The third-order valence-electron chi connectivity index (χ3n) is 8.94. The number of allylic oxidation sites excluding steroid dienone is 2. The zero-order valence-corrected chi connectivity index (χ0v) is 17.2. The molecular formula is C23H28O6. The molecule has 5 unspecified atom stereocenters. The minimum atomic E-state index is -1.49. The molecule has 1 saturated heterocycles. The summed E-state index contributed by atoms with van der Waals surface area (Å²) in [4.78, 5) is 36.6. The van der Waals surface area contributed by atoms with Gasteiger partial charge >= 0.3 is 11.9 Å². The van der Waals surface area contributed by atoms with Crippen molar-refractivity contribution in [3.05, 3.63) is 23.8 Å². The fourth-order valence-corrected chi connectivity index (χ4v) is 7.37. The summed E-state index contributed by atoms with van der Waals surface area (Å²) in [6.07, 6.45) is 8.76. The van der Waals surface area contributed by atoms with Gasteiger partial charge in [-0.1, -0.05) is 31.6 Å². The van der Waals surface area contributed by atoms with Crippen LogP contribution in [0.3, 0.4) is 0 Å². The lowest BCUT2D eigenvalue weighted by Gasteiger charge is -2.54. The Balaban J connectivity index is 1.58. The summed E-state index contributed by atoms with van der Waals surface area (Å²) in [5.74, 6) is -1.14. The van der Waals surface area contributed by atoms with Crippen LogP contribution in [0.15, 0.2) is 23.8 Å². The Morgan fingerprint density at radius 3 is 2.76 bits per heavy atom. The van der Waals surface area contributed by atoms with Gasteiger partial charge in [-0.05, 0) is 50.5 Å². The molecule has 1 heterocycles. The van der Waals surface area contributed by atoms with Crippen LogP contribution in [0, 0.1) is 22.7 Å². The van der Waals surface area contributed by atoms with Crippen molar-refractivity contribution < 1.29 is 29.0 Å². The number of carboxylic acids is 1. The van der Waals surface area contributed by atoms with E-state index in [9.17, 15) is 19.5 Å². The molecule has 4 aliphatic carbocycles. The van der Waals surface area contributed by atoms with E-state index in [1.54, 1.807) is 13.0 Å². The molecule has 0 amide bonds. The third-order valence-corrected chi connectivity index (χ3v) is 8.94. The minimum Gasteiger partial charge on any atom is -0.478 e. The molecule has 0 aromatic heterocycles. The number of carbonyl (C=O) groups excluding carboxylic acids is 2. The molecule has 5 aliphatic rings. The van der Waals surface area contributed by atoms with Crippen molar-refractivity contribution in [1.82, 2.24) is 0 Å². The molecule has 1 aliphatic heterocycles. The smallest absolute Gasteiger partial charge is 0.348 e. The van der Waals surface area contributed by atoms with Crippen molar-refractivity contribution in [1.29, 1.82) is 0 Å². The predicted molar refractivity (Wildman–Crippen MR) is 103 cm³/mol. The van der Waals surface area contributed by atoms with Crippen LogP contribution in [-0.4, -0.2) is 40.1 Å². The van der Waals surface area contributed by atoms with Crippen LogP contribution in [-0.2, 0) is 23.9 Å². The van der Waals surface area contributed by atoms with Crippen LogP contribution >= 0.6 is 0 Å². The van der Waals surface area contributed by atoms with Crippen molar-refractivity contribution >= 4 is 17.7 Å². The van der Waals surface area contributed by atoms with E-state index in [2.05, 4.69) is 13.0 Å². The van der Waals surface area contributed by atoms with Crippen molar-refractivity contribution in [2.75, 3.05) is 0 Å². The Hall–Kier alpha value is -1.95. The molecule has 0 aromatic carbocycles. The lowest BCUT2D eigenvalue weighted by Crippen LogP contribution is -2.61. The van der Waals surface area contributed by atoms with Gasteiger partial charge in [0, 0.05) is 23.7 Å². The van der Waals surface area contributed by atoms with Crippen LogP contribution < -0.4 is 0 Å². The highest BCUT2D eigenvalue weighted by Gasteiger charge is 2.82. The molecule has 3 fully saturated rings. The summed E-state index contributed by atoms with van der Waals surface area (Å²) >= 11 is 0. The van der Waals surface area contributed by atoms with Gasteiger partial charge in [-0.2, -0.15) is 0 Å². The standard InChI is InChI=1S/C23H28O6/c1-4-18(25)29-22(19(26)27)10-8-15-16-6-5-13-11-14(24)7-9-20(13,2)23(16)17(28-23)12-21(15,22)3/h5,7,9,15-17H,4,6,8,10-12H2,1-3H3,(H,26,27)/t15?,16?,17-,20?,21?,22?,23+/m0/s1. The normalized spacial score (nSPS) is 49.3. The Morgan fingerprint density at radius 2 is 2.07 bits per heavy atom. The number of hydrogen-bond donors (Lipinski definition) is 1. The molecule has 0 radical (unpaired) electrons. The molecule has 0 aromatic rings. The van der Waals surface area contributed by atoms with Gasteiger partial charge < -0.3 is 14.6 Å². The summed E-state index contributed by atoms with van der Waals surface area (Å²) in [6.45, 7) is 5.83. The highest BCUT2D eigenvalue weighted by atomic mass is 16.6. The second-order valence-corrected chi connectivity index (χ2v) is 9.88. The summed E-state index contributed by atoms with van der Waals surface area (Å²) in [7, 11) is 0. The quantitative estimate of drug-likeness (QED) is 0.444. The average molecular weight is 400 g/mol. The average Bonchev–Trinajstić information content (AvgIpc) is 3.31. The number of rotatable bonds is 3. The molecule has 1 spiro atoms. The van der Waals surface area contributed by atoms with E-state index < -0.39 is 23.0 Å². The van der Waals surface area contributed by atoms with Gasteiger partial charge in [0.25, 0.3) is 0 Å². The first-order valence-electron chi connectivity index (χ1n) is 10.7. The van der Waals surface area contributed by atoms with E-state index in [1.807, 2.05) is 13.0 Å². The van der Waals surface area contributed by atoms with Gasteiger partial charge in [0.1, 0.15) is 5.60 Å². The molecule has 6 heteroatoms. The maximum absolute atomic E-state index is 12.5. The number of epoxide rings is 1. The van der Waals surface area contributed by atoms with Crippen molar-refractivity contribution in [2.45, 2.75) is 76.6 Å². The highest BCUT2D eigenvalue weighted by Crippen LogP contribution is 2.75. The predicted octanol–water partition coefficient (Wildman–Crippen LogP) is 3.20. The fraction of sp³-hybridized carbons (Fsp3) is 0.696. The van der Waals surface area contributed by atoms with Crippen LogP contribution in [0.25, 0.3) is 0 Å². The van der Waals surface area contributed by atoms with Gasteiger partial charge in [-0.25, -0.2) is 4.79 Å². The van der Waals surface area contributed by atoms with E-state index in [0.29, 0.717) is 25.7 Å². The van der Waals surface area contributed by atoms with E-state index in [-0.39, 0.29) is 41.2 Å². The summed E-state index contributed by atoms with van der Waals surface area (Å²) < 4.78 is 12.2. The first-order valence-corrected chi connectivity index (χ1v) is 10.7. The molecule has 6 nitrogen and oxygen atoms in total. The highest BCUT2D eigenvalue weighted by molar-refractivity contribution is 5.93. The Labute approximate surface area is 170 Å². The molecule has 1 N–H and O–H groups in total. The number of ether oxygens (including phenoxy) is 2. The van der Waals surface area contributed by atoms with Crippen molar-refractivity contribution in [2.24, 2.45) is 22.7 Å². The maximum atomic E-state index is 12.5. The Kier molecular flexibility index (Phi) is 3.67. The summed E-state index contributed by atoms with van der Waals surface area (Å²) in [5, 5.41) is 10.2. The maximum Gasteiger partial charge on any atom is 0.348 e. The molecule has 29 heavy (non-hydrogen) atoms. The Morgan fingerprint density at radius 1 is 1.31 bits per heavy atom. The number of fused-ring (bicyclic) bond motifs is 3. The van der Waals surface area contributed by atoms with Gasteiger partial charge in [0.05, 0.1) is 6.10 Å². The van der Waals surface area contributed by atoms with Crippen molar-refractivity contribution in [3.8, 4) is 0 Å². The summed E-state index contributed by atoms with van der Waals surface area (Å²) in [5.41, 5.74) is -1.74. The number of ketones is 1. The number of carbonyl (C=O) groups is 3. The largest absolute Gasteiger partial charge is 0.478 e. The van der Waals surface area contributed by atoms with E-state index in [4.69, 9.17) is 9.47 Å². The topological polar surface area (TPSA) is 93.2 Å². The van der Waals surface area contributed by atoms with Crippen LogP contribution in [0.4, 0.5) is 0 Å². The van der Waals surface area contributed by atoms with Gasteiger partial charge in [-0.15, -0.1) is 0 Å². The molecular weight excluding hydrogens is 372 g/mol. The molecule has 7 atom stereocenters. The van der Waals surface area contributed by atoms with Gasteiger partial charge in [0.15, 0.2) is 5.78 Å². The zero-order valence-electron chi connectivity index (χ0n) is 17.2. The summed E-state index contributed by atoms with van der Waals surface area (Å²) in [6, 6.07) is 0. The minimum absolute atomic E-state index is 0.0857. The zero-order chi connectivity index (χ0) is 20.8.